The Morgan fingerprint density at radius 3 is 2.50 bits per heavy atom. The molecule has 4 heteroatoms. The van der Waals surface area contributed by atoms with E-state index in [2.05, 4.69) is 17.4 Å². The summed E-state index contributed by atoms with van der Waals surface area (Å²) in [5.41, 5.74) is 5.28. The first-order chi connectivity index (χ1) is 3.72. The minimum Gasteiger partial charge on any atom is -0.367 e. The molecule has 3 nitrogen and oxygen atoms in total. The molecule has 0 aliphatic heterocycles. The molecule has 0 aromatic carbocycles. The van der Waals surface area contributed by atoms with Crippen molar-refractivity contribution >= 4 is 12.6 Å². The second kappa shape index (κ2) is 4.14. The summed E-state index contributed by atoms with van der Waals surface area (Å²) < 4.78 is 4.48. The van der Waals surface area contributed by atoms with E-state index in [1.54, 1.807) is 0 Å². The molecule has 0 saturated carbocycles. The summed E-state index contributed by atoms with van der Waals surface area (Å²) in [5, 5.41) is 8.73. The number of rotatable bonds is 3. The van der Waals surface area contributed by atoms with Crippen LogP contribution in [0, 0.1) is 0 Å². The molecule has 0 aromatic rings. The first kappa shape index (κ1) is 8.23. The van der Waals surface area contributed by atoms with Crippen LogP contribution in [0.1, 0.15) is 0 Å². The lowest BCUT2D eigenvalue weighted by Crippen LogP contribution is -2.37. The summed E-state index contributed by atoms with van der Waals surface area (Å²) in [4.78, 5) is 0. The fourth-order valence-corrected chi connectivity index (χ4v) is 0.445. The van der Waals surface area contributed by atoms with Gasteiger partial charge in [0.2, 0.25) is 0 Å². The normalized spacial score (nSPS) is 18.0. The monoisotopic (exact) mass is 137 g/mol. The van der Waals surface area contributed by atoms with Crippen molar-refractivity contribution in [3.8, 4) is 0 Å². The average molecular weight is 137 g/mol. The quantitative estimate of drug-likeness (QED) is 0.353. The molecule has 50 valence electrons. The highest BCUT2D eigenvalue weighted by Gasteiger charge is 2.09. The first-order valence-electron chi connectivity index (χ1n) is 2.29. The number of thiol groups is 1. The minimum absolute atomic E-state index is 0.386. The molecule has 2 atom stereocenters. The van der Waals surface area contributed by atoms with Crippen molar-refractivity contribution in [2.45, 2.75) is 12.3 Å². The van der Waals surface area contributed by atoms with Gasteiger partial charge in [0.1, 0.15) is 0 Å². The third-order valence-electron chi connectivity index (χ3n) is 0.819. The number of ether oxygens (including phenoxy) is 1. The van der Waals surface area contributed by atoms with E-state index < -0.39 is 6.29 Å². The maximum absolute atomic E-state index is 8.73. The second-order valence-electron chi connectivity index (χ2n) is 1.47. The number of aliphatic hydroxyl groups is 1. The first-order valence-corrected chi connectivity index (χ1v) is 2.93. The zero-order chi connectivity index (χ0) is 6.57. The highest BCUT2D eigenvalue weighted by atomic mass is 32.1. The zero-order valence-corrected chi connectivity index (χ0v) is 5.64. The van der Waals surface area contributed by atoms with Crippen LogP contribution < -0.4 is 5.73 Å². The van der Waals surface area contributed by atoms with Crippen LogP contribution in [0.15, 0.2) is 0 Å². The van der Waals surface area contributed by atoms with Crippen LogP contribution in [-0.4, -0.2) is 30.3 Å². The molecule has 0 aliphatic rings. The number of nitrogens with two attached hydrogens (primary N) is 1. The van der Waals surface area contributed by atoms with Crippen LogP contribution in [-0.2, 0) is 4.74 Å². The molecule has 0 aliphatic carbocycles. The summed E-state index contributed by atoms with van der Waals surface area (Å²) >= 11 is 3.84. The minimum atomic E-state index is -0.882. The lowest BCUT2D eigenvalue weighted by Gasteiger charge is -2.13. The maximum atomic E-state index is 8.73. The van der Waals surface area contributed by atoms with Crippen molar-refractivity contribution < 1.29 is 9.84 Å². The van der Waals surface area contributed by atoms with E-state index in [0.29, 0.717) is 5.75 Å². The lowest BCUT2D eigenvalue weighted by atomic mass is 10.3. The van der Waals surface area contributed by atoms with Crippen molar-refractivity contribution in [3.05, 3.63) is 0 Å². The van der Waals surface area contributed by atoms with Gasteiger partial charge in [-0.05, 0) is 0 Å². The van der Waals surface area contributed by atoms with Crippen molar-refractivity contribution in [1.29, 1.82) is 0 Å². The molecule has 2 unspecified atom stereocenters. The maximum Gasteiger partial charge on any atom is 0.170 e. The predicted octanol–water partition coefficient (Wildman–Crippen LogP) is -0.792. The average Bonchev–Trinajstić information content (AvgIpc) is 1.84. The summed E-state index contributed by atoms with van der Waals surface area (Å²) in [6, 6.07) is -0.386. The topological polar surface area (TPSA) is 55.5 Å². The Kier molecular flexibility index (Phi) is 4.26. The van der Waals surface area contributed by atoms with Crippen LogP contribution in [0.5, 0.6) is 0 Å². The number of hydrogen-bond donors (Lipinski definition) is 3. The Hall–Kier alpha value is 0.230. The Balaban J connectivity index is 3.29. The molecular formula is C4H11NO2S. The van der Waals surface area contributed by atoms with Crippen LogP contribution in [0.25, 0.3) is 0 Å². The predicted molar refractivity (Wildman–Crippen MR) is 34.8 cm³/mol. The Labute approximate surface area is 54.2 Å². The molecule has 8 heavy (non-hydrogen) atoms. The molecule has 0 spiro atoms. The number of aliphatic hydroxyl groups excluding tert-OH is 1. The molecule has 0 bridgehead atoms. The molecule has 0 rings (SSSR count). The Morgan fingerprint density at radius 2 is 2.38 bits per heavy atom. The van der Waals surface area contributed by atoms with Gasteiger partial charge in [-0.25, -0.2) is 0 Å². The Bertz CT molecular complexity index is 54.0. The van der Waals surface area contributed by atoms with Gasteiger partial charge >= 0.3 is 0 Å². The zero-order valence-electron chi connectivity index (χ0n) is 4.74. The smallest absolute Gasteiger partial charge is 0.170 e. The van der Waals surface area contributed by atoms with Gasteiger partial charge in [0, 0.05) is 12.9 Å². The molecule has 0 amide bonds. The largest absolute Gasteiger partial charge is 0.367 e. The van der Waals surface area contributed by atoms with Gasteiger partial charge in [0.15, 0.2) is 6.29 Å². The van der Waals surface area contributed by atoms with E-state index in [9.17, 15) is 0 Å². The fraction of sp³-hybridized carbons (Fsp3) is 1.00. The third-order valence-corrected chi connectivity index (χ3v) is 1.24. The van der Waals surface area contributed by atoms with Gasteiger partial charge in [-0.15, -0.1) is 0 Å². The lowest BCUT2D eigenvalue weighted by molar-refractivity contribution is -0.0846. The van der Waals surface area contributed by atoms with Gasteiger partial charge in [-0.3, -0.25) is 0 Å². The number of hydrogen-bond acceptors (Lipinski definition) is 4. The third kappa shape index (κ3) is 2.52. The SMILES string of the molecule is COC(O)C(N)CS. The van der Waals surface area contributed by atoms with Crippen molar-refractivity contribution in [1.82, 2.24) is 0 Å². The molecule has 0 radical (unpaired) electrons. The highest BCUT2D eigenvalue weighted by molar-refractivity contribution is 7.80. The standard InChI is InChI=1S/C4H11NO2S/c1-7-4(6)3(5)2-8/h3-4,6,8H,2,5H2,1H3. The van der Waals surface area contributed by atoms with Gasteiger partial charge in [-0.1, -0.05) is 0 Å². The van der Waals surface area contributed by atoms with Gasteiger partial charge < -0.3 is 15.6 Å². The van der Waals surface area contributed by atoms with Gasteiger partial charge in [-0.2, -0.15) is 12.6 Å². The fourth-order valence-electron chi connectivity index (χ4n) is 0.265. The molecular weight excluding hydrogens is 126 g/mol. The van der Waals surface area contributed by atoms with Crippen LogP contribution in [0.2, 0.25) is 0 Å². The van der Waals surface area contributed by atoms with E-state index in [0.717, 1.165) is 0 Å². The van der Waals surface area contributed by atoms with Crippen molar-refractivity contribution in [2.75, 3.05) is 12.9 Å². The summed E-state index contributed by atoms with van der Waals surface area (Å²) in [7, 11) is 1.40. The van der Waals surface area contributed by atoms with Crippen LogP contribution in [0.4, 0.5) is 0 Å². The summed E-state index contributed by atoms with van der Waals surface area (Å²) in [6.45, 7) is 0. The second-order valence-corrected chi connectivity index (χ2v) is 1.84. The van der Waals surface area contributed by atoms with E-state index in [1.807, 2.05) is 0 Å². The van der Waals surface area contributed by atoms with E-state index in [1.165, 1.54) is 7.11 Å². The van der Waals surface area contributed by atoms with Gasteiger partial charge in [0.05, 0.1) is 6.04 Å². The summed E-state index contributed by atoms with van der Waals surface area (Å²) in [6.07, 6.45) is -0.882. The summed E-state index contributed by atoms with van der Waals surface area (Å²) in [5.74, 6) is 0.426. The van der Waals surface area contributed by atoms with Crippen molar-refractivity contribution in [3.63, 3.8) is 0 Å². The van der Waals surface area contributed by atoms with E-state index >= 15 is 0 Å². The molecule has 0 saturated heterocycles. The van der Waals surface area contributed by atoms with Gasteiger partial charge in [0.25, 0.3) is 0 Å². The van der Waals surface area contributed by atoms with E-state index in [-0.39, 0.29) is 6.04 Å². The Morgan fingerprint density at radius 1 is 1.88 bits per heavy atom. The molecule has 0 aromatic heterocycles. The van der Waals surface area contributed by atoms with E-state index in [4.69, 9.17) is 10.8 Å². The van der Waals surface area contributed by atoms with Crippen molar-refractivity contribution in [2.24, 2.45) is 5.73 Å². The number of methoxy groups -OCH3 is 1. The molecule has 0 fully saturated rings. The van der Waals surface area contributed by atoms with Crippen LogP contribution in [0.3, 0.4) is 0 Å². The van der Waals surface area contributed by atoms with Crippen LogP contribution >= 0.6 is 12.6 Å². The molecule has 3 N–H and O–H groups in total. The molecule has 0 heterocycles. The highest BCUT2D eigenvalue weighted by Crippen LogP contribution is 1.91.